The van der Waals surface area contributed by atoms with E-state index in [4.69, 9.17) is 21.1 Å². The number of aliphatic hydroxyl groups is 1. The Balaban J connectivity index is 1.62. The summed E-state index contributed by atoms with van der Waals surface area (Å²) in [5.74, 6) is -0.270. The van der Waals surface area contributed by atoms with Crippen molar-refractivity contribution >= 4 is 17.6 Å². The fourth-order valence-corrected chi connectivity index (χ4v) is 3.35. The number of aliphatic hydroxyl groups excluding tert-OH is 1. The minimum atomic E-state index is -0.783. The number of ether oxygens (including phenoxy) is 2. The summed E-state index contributed by atoms with van der Waals surface area (Å²) in [5.41, 5.74) is 1.59. The number of nitrogens with one attached hydrogen (secondary N) is 1. The van der Waals surface area contributed by atoms with E-state index in [1.54, 1.807) is 7.11 Å². The van der Waals surface area contributed by atoms with Crippen molar-refractivity contribution in [1.29, 1.82) is 0 Å². The molecule has 3 rings (SSSR count). The van der Waals surface area contributed by atoms with Crippen LogP contribution in [-0.4, -0.2) is 43.0 Å². The summed E-state index contributed by atoms with van der Waals surface area (Å²) in [7, 11) is 1.60. The molecule has 0 radical (unpaired) electrons. The van der Waals surface area contributed by atoms with Crippen LogP contribution in [0, 0.1) is 5.82 Å². The largest absolute Gasteiger partial charge is 0.497 e. The molecule has 0 amide bonds. The van der Waals surface area contributed by atoms with Gasteiger partial charge in [0.1, 0.15) is 23.8 Å². The van der Waals surface area contributed by atoms with Gasteiger partial charge in [0.05, 0.1) is 24.6 Å². The third-order valence-electron chi connectivity index (χ3n) is 4.58. The van der Waals surface area contributed by atoms with E-state index in [2.05, 4.69) is 5.32 Å². The number of carbonyl (C=O) groups is 1. The Kier molecular flexibility index (Phi) is 6.31. The Morgan fingerprint density at radius 3 is 2.63 bits per heavy atom. The van der Waals surface area contributed by atoms with Crippen LogP contribution in [0.4, 0.5) is 4.39 Å². The van der Waals surface area contributed by atoms with Crippen LogP contribution in [0.15, 0.2) is 42.5 Å². The summed E-state index contributed by atoms with van der Waals surface area (Å²) >= 11 is 5.74. The number of hydrogen-bond acceptors (Lipinski definition) is 5. The zero-order valence-electron chi connectivity index (χ0n) is 14.8. The van der Waals surface area contributed by atoms with Crippen molar-refractivity contribution in [3.05, 3.63) is 64.4 Å². The fraction of sp³-hybridized carbons (Fsp3) is 0.350. The molecule has 1 heterocycles. The van der Waals surface area contributed by atoms with Crippen LogP contribution in [-0.2, 0) is 22.4 Å². The maximum Gasteiger partial charge on any atom is 0.310 e. The van der Waals surface area contributed by atoms with Gasteiger partial charge in [-0.05, 0) is 41.8 Å². The molecule has 5 nitrogen and oxygen atoms in total. The Labute approximate surface area is 162 Å². The number of esters is 1. The standard InChI is InChI=1S/C20H21ClFNO4/c1-26-14-5-2-12(3-6-14)9-17-20(18(24)11-23-17)27-19(25)10-13-4-7-16(22)15(21)8-13/h2-8,17-18,20,23-24H,9-11H2,1H3/t17-,18+,20+/m1/s1. The van der Waals surface area contributed by atoms with Crippen LogP contribution in [0.2, 0.25) is 5.02 Å². The van der Waals surface area contributed by atoms with Crippen molar-refractivity contribution in [3.8, 4) is 5.75 Å². The minimum Gasteiger partial charge on any atom is -0.497 e. The summed E-state index contributed by atoms with van der Waals surface area (Å²) in [6.45, 7) is 0.348. The molecule has 0 bridgehead atoms. The highest BCUT2D eigenvalue weighted by atomic mass is 35.5. The lowest BCUT2D eigenvalue weighted by Gasteiger charge is -2.22. The molecule has 0 aliphatic carbocycles. The van der Waals surface area contributed by atoms with Gasteiger partial charge in [-0.25, -0.2) is 4.39 Å². The Hall–Kier alpha value is -2.15. The van der Waals surface area contributed by atoms with Gasteiger partial charge in [0, 0.05) is 6.54 Å². The van der Waals surface area contributed by atoms with Gasteiger partial charge >= 0.3 is 5.97 Å². The number of benzene rings is 2. The van der Waals surface area contributed by atoms with E-state index >= 15 is 0 Å². The van der Waals surface area contributed by atoms with Gasteiger partial charge in [0.25, 0.3) is 0 Å². The number of methoxy groups -OCH3 is 1. The SMILES string of the molecule is COc1ccc(C[C@H]2NC[C@H](O)[C@H]2OC(=O)Cc2ccc(F)c(Cl)c2)cc1. The molecule has 0 aromatic heterocycles. The van der Waals surface area contributed by atoms with E-state index in [1.807, 2.05) is 24.3 Å². The predicted molar refractivity (Wildman–Crippen MR) is 99.5 cm³/mol. The van der Waals surface area contributed by atoms with Gasteiger partial charge in [-0.2, -0.15) is 0 Å². The maximum atomic E-state index is 13.2. The highest BCUT2D eigenvalue weighted by Gasteiger charge is 2.37. The molecule has 2 aromatic carbocycles. The molecule has 1 aliphatic rings. The molecular formula is C20H21ClFNO4. The zero-order valence-corrected chi connectivity index (χ0v) is 15.6. The van der Waals surface area contributed by atoms with E-state index in [9.17, 15) is 14.3 Å². The maximum absolute atomic E-state index is 13.2. The van der Waals surface area contributed by atoms with Gasteiger partial charge in [-0.3, -0.25) is 4.79 Å². The van der Waals surface area contributed by atoms with Crippen LogP contribution in [0.3, 0.4) is 0 Å². The Bertz CT molecular complexity index is 799. The first-order valence-electron chi connectivity index (χ1n) is 8.64. The normalized spacial score (nSPS) is 21.9. The molecule has 1 saturated heterocycles. The van der Waals surface area contributed by atoms with E-state index in [1.165, 1.54) is 18.2 Å². The molecule has 144 valence electrons. The predicted octanol–water partition coefficient (Wildman–Crippen LogP) is 2.52. The zero-order chi connectivity index (χ0) is 19.4. The highest BCUT2D eigenvalue weighted by Crippen LogP contribution is 2.21. The van der Waals surface area contributed by atoms with Crippen molar-refractivity contribution in [2.24, 2.45) is 0 Å². The molecule has 2 N–H and O–H groups in total. The first kappa shape index (κ1) is 19.6. The summed E-state index contributed by atoms with van der Waals surface area (Å²) in [6.07, 6.45) is -0.885. The van der Waals surface area contributed by atoms with Gasteiger partial charge in [-0.15, -0.1) is 0 Å². The number of rotatable bonds is 6. The average Bonchev–Trinajstić information content (AvgIpc) is 2.98. The molecular weight excluding hydrogens is 373 g/mol. The van der Waals surface area contributed by atoms with E-state index < -0.39 is 24.0 Å². The van der Waals surface area contributed by atoms with Gasteiger partial charge in [-0.1, -0.05) is 29.8 Å². The monoisotopic (exact) mass is 393 g/mol. The number of hydrogen-bond donors (Lipinski definition) is 2. The second kappa shape index (κ2) is 8.69. The molecule has 1 fully saturated rings. The first-order chi connectivity index (χ1) is 13.0. The Morgan fingerprint density at radius 1 is 1.26 bits per heavy atom. The third-order valence-corrected chi connectivity index (χ3v) is 4.87. The summed E-state index contributed by atoms with van der Waals surface area (Å²) in [4.78, 5) is 12.3. The lowest BCUT2D eigenvalue weighted by molar-refractivity contribution is -0.153. The average molecular weight is 394 g/mol. The van der Waals surface area contributed by atoms with Crippen LogP contribution in [0.1, 0.15) is 11.1 Å². The first-order valence-corrected chi connectivity index (χ1v) is 9.02. The molecule has 27 heavy (non-hydrogen) atoms. The fourth-order valence-electron chi connectivity index (χ4n) is 3.15. The number of halogens is 2. The summed E-state index contributed by atoms with van der Waals surface area (Å²) < 4.78 is 23.9. The van der Waals surface area contributed by atoms with Crippen molar-refractivity contribution in [3.63, 3.8) is 0 Å². The quantitative estimate of drug-likeness (QED) is 0.738. The molecule has 1 aliphatic heterocycles. The molecule has 0 saturated carbocycles. The van der Waals surface area contributed by atoms with Crippen LogP contribution >= 0.6 is 11.6 Å². The summed E-state index contributed by atoms with van der Waals surface area (Å²) in [5, 5.41) is 13.3. The van der Waals surface area contributed by atoms with Crippen molar-refractivity contribution in [1.82, 2.24) is 5.32 Å². The van der Waals surface area contributed by atoms with Gasteiger partial charge < -0.3 is 19.9 Å². The Morgan fingerprint density at radius 2 is 1.96 bits per heavy atom. The molecule has 2 aromatic rings. The van der Waals surface area contributed by atoms with Crippen molar-refractivity contribution in [2.45, 2.75) is 31.1 Å². The second-order valence-electron chi connectivity index (χ2n) is 6.51. The lowest BCUT2D eigenvalue weighted by Crippen LogP contribution is -2.39. The third kappa shape index (κ3) is 4.97. The molecule has 7 heteroatoms. The molecule has 0 spiro atoms. The minimum absolute atomic E-state index is 0.0414. The van der Waals surface area contributed by atoms with E-state index in [0.717, 1.165) is 11.3 Å². The lowest BCUT2D eigenvalue weighted by atomic mass is 10.0. The molecule has 0 unspecified atom stereocenters. The number of carbonyl (C=O) groups excluding carboxylic acids is 1. The van der Waals surface area contributed by atoms with Crippen molar-refractivity contribution in [2.75, 3.05) is 13.7 Å². The van der Waals surface area contributed by atoms with Crippen molar-refractivity contribution < 1.29 is 23.8 Å². The van der Waals surface area contributed by atoms with Crippen LogP contribution in [0.5, 0.6) is 5.75 Å². The molecule has 3 atom stereocenters. The topological polar surface area (TPSA) is 67.8 Å². The summed E-state index contributed by atoms with van der Waals surface area (Å²) in [6, 6.07) is 11.5. The number of β-amino-alcohol motifs (C(OH)–C–C–N with tert-alkyl or cyclic N) is 1. The highest BCUT2D eigenvalue weighted by molar-refractivity contribution is 6.30. The van der Waals surface area contributed by atoms with Crippen LogP contribution < -0.4 is 10.1 Å². The van der Waals surface area contributed by atoms with E-state index in [-0.39, 0.29) is 17.5 Å². The van der Waals surface area contributed by atoms with Crippen LogP contribution in [0.25, 0.3) is 0 Å². The van der Waals surface area contributed by atoms with Gasteiger partial charge in [0.15, 0.2) is 0 Å². The second-order valence-corrected chi connectivity index (χ2v) is 6.92. The smallest absolute Gasteiger partial charge is 0.310 e. The van der Waals surface area contributed by atoms with Gasteiger partial charge in [0.2, 0.25) is 0 Å². The van der Waals surface area contributed by atoms with E-state index in [0.29, 0.717) is 18.5 Å².